The first-order valence-corrected chi connectivity index (χ1v) is 5.72. The lowest BCUT2D eigenvalue weighted by molar-refractivity contribution is 0.0675. The third-order valence-corrected chi connectivity index (χ3v) is 2.55. The van der Waals surface area contributed by atoms with Gasteiger partial charge in [-0.2, -0.15) is 0 Å². The van der Waals surface area contributed by atoms with E-state index in [1.165, 1.54) is 12.3 Å². The maximum Gasteiger partial charge on any atom is 0.358 e. The van der Waals surface area contributed by atoms with Gasteiger partial charge in [0.1, 0.15) is 12.7 Å². The van der Waals surface area contributed by atoms with Crippen LogP contribution in [-0.2, 0) is 0 Å². The van der Waals surface area contributed by atoms with Crippen molar-refractivity contribution in [1.29, 1.82) is 0 Å². The van der Waals surface area contributed by atoms with E-state index in [-0.39, 0.29) is 18.1 Å². The molecule has 98 valence electrons. The van der Waals surface area contributed by atoms with Gasteiger partial charge in [-0.05, 0) is 17.7 Å². The normalized spacial score (nSPS) is 11.8. The molecule has 0 radical (unpaired) electrons. The number of hydrogen-bond acceptors (Lipinski definition) is 4. The number of aromatic nitrogens is 1. The molecule has 1 aromatic heterocycles. The van der Waals surface area contributed by atoms with Gasteiger partial charge in [-0.3, -0.25) is 0 Å². The summed E-state index contributed by atoms with van der Waals surface area (Å²) in [5.74, 6) is -1.02. The fraction of sp³-hybridized carbons (Fsp3) is 0.143. The van der Waals surface area contributed by atoms with Crippen LogP contribution in [-0.4, -0.2) is 27.8 Å². The molecule has 0 bridgehead atoms. The van der Waals surface area contributed by atoms with E-state index in [4.69, 9.17) is 9.84 Å². The van der Waals surface area contributed by atoms with Crippen molar-refractivity contribution >= 4 is 5.97 Å². The van der Waals surface area contributed by atoms with Gasteiger partial charge in [0, 0.05) is 6.20 Å². The number of rotatable bonds is 5. The molecule has 1 unspecified atom stereocenters. The van der Waals surface area contributed by atoms with E-state index in [1.54, 1.807) is 18.2 Å². The fourth-order valence-electron chi connectivity index (χ4n) is 1.61. The standard InChI is InChI=1S/C14H13NO4/c16-11(10-5-2-1-3-6-10)9-19-12-7-4-8-15-13(12)14(17)18/h1-8,11,16H,9H2,(H,17,18). The third kappa shape index (κ3) is 3.29. The quantitative estimate of drug-likeness (QED) is 0.857. The highest BCUT2D eigenvalue weighted by atomic mass is 16.5. The lowest BCUT2D eigenvalue weighted by Gasteiger charge is -2.13. The zero-order valence-electron chi connectivity index (χ0n) is 10.1. The number of ether oxygens (including phenoxy) is 1. The Bertz CT molecular complexity index is 556. The maximum absolute atomic E-state index is 10.9. The second-order valence-corrected chi connectivity index (χ2v) is 3.89. The number of aromatic carboxylic acids is 1. The Morgan fingerprint density at radius 3 is 2.63 bits per heavy atom. The monoisotopic (exact) mass is 259 g/mol. The molecule has 2 aromatic rings. The molecular weight excluding hydrogens is 246 g/mol. The molecule has 0 aliphatic carbocycles. The van der Waals surface area contributed by atoms with E-state index >= 15 is 0 Å². The van der Waals surface area contributed by atoms with Crippen LogP contribution in [0, 0.1) is 0 Å². The molecule has 5 heteroatoms. The SMILES string of the molecule is O=C(O)c1ncccc1OCC(O)c1ccccc1. The summed E-state index contributed by atoms with van der Waals surface area (Å²) in [6.45, 7) is -0.0318. The molecule has 1 heterocycles. The summed E-state index contributed by atoms with van der Waals surface area (Å²) in [5.41, 5.74) is 0.547. The minimum atomic E-state index is -1.16. The second kappa shape index (κ2) is 5.97. The summed E-state index contributed by atoms with van der Waals surface area (Å²) < 4.78 is 5.32. The van der Waals surface area contributed by atoms with Gasteiger partial charge in [-0.25, -0.2) is 9.78 Å². The first kappa shape index (κ1) is 13.0. The van der Waals surface area contributed by atoms with Gasteiger partial charge in [0.05, 0.1) is 0 Å². The summed E-state index contributed by atoms with van der Waals surface area (Å²) >= 11 is 0. The van der Waals surface area contributed by atoms with E-state index in [1.807, 2.05) is 18.2 Å². The molecule has 0 fully saturated rings. The van der Waals surface area contributed by atoms with Crippen LogP contribution in [0.15, 0.2) is 48.7 Å². The molecule has 19 heavy (non-hydrogen) atoms. The Morgan fingerprint density at radius 2 is 1.95 bits per heavy atom. The smallest absolute Gasteiger partial charge is 0.358 e. The Hall–Kier alpha value is -2.40. The Balaban J connectivity index is 2.05. The van der Waals surface area contributed by atoms with Crippen molar-refractivity contribution in [1.82, 2.24) is 4.98 Å². The highest BCUT2D eigenvalue weighted by molar-refractivity contribution is 5.88. The number of benzene rings is 1. The number of aliphatic hydroxyl groups excluding tert-OH is 1. The number of carbonyl (C=O) groups is 1. The summed E-state index contributed by atoms with van der Waals surface area (Å²) in [4.78, 5) is 14.7. The average molecular weight is 259 g/mol. The minimum Gasteiger partial charge on any atom is -0.488 e. The van der Waals surface area contributed by atoms with Crippen LogP contribution in [0.3, 0.4) is 0 Å². The summed E-state index contributed by atoms with van der Waals surface area (Å²) in [6.07, 6.45) is 0.562. The van der Waals surface area contributed by atoms with Gasteiger partial charge in [-0.1, -0.05) is 30.3 Å². The molecule has 5 nitrogen and oxygen atoms in total. The Morgan fingerprint density at radius 1 is 1.21 bits per heavy atom. The number of pyridine rings is 1. The summed E-state index contributed by atoms with van der Waals surface area (Å²) in [5, 5.41) is 18.9. The van der Waals surface area contributed by atoms with Gasteiger partial charge in [0.15, 0.2) is 11.4 Å². The number of nitrogens with zero attached hydrogens (tertiary/aromatic N) is 1. The molecule has 0 spiro atoms. The fourth-order valence-corrected chi connectivity index (χ4v) is 1.61. The molecule has 0 aliphatic rings. The highest BCUT2D eigenvalue weighted by Crippen LogP contribution is 2.18. The number of aliphatic hydroxyl groups is 1. The van der Waals surface area contributed by atoms with Crippen molar-refractivity contribution in [2.45, 2.75) is 6.10 Å². The summed E-state index contributed by atoms with van der Waals surface area (Å²) in [7, 11) is 0. The van der Waals surface area contributed by atoms with Crippen molar-refractivity contribution < 1.29 is 19.7 Å². The Kier molecular flexibility index (Phi) is 4.10. The molecule has 0 saturated heterocycles. The van der Waals surface area contributed by atoms with Crippen LogP contribution in [0.2, 0.25) is 0 Å². The van der Waals surface area contributed by atoms with E-state index in [0.29, 0.717) is 5.56 Å². The maximum atomic E-state index is 10.9. The van der Waals surface area contributed by atoms with Gasteiger partial charge in [-0.15, -0.1) is 0 Å². The first-order valence-electron chi connectivity index (χ1n) is 5.72. The average Bonchev–Trinajstić information content (AvgIpc) is 2.46. The van der Waals surface area contributed by atoms with E-state index in [2.05, 4.69) is 4.98 Å². The lowest BCUT2D eigenvalue weighted by Crippen LogP contribution is -2.12. The number of carboxylic acid groups (broad SMARTS) is 1. The molecule has 0 aliphatic heterocycles. The number of hydrogen-bond donors (Lipinski definition) is 2. The highest BCUT2D eigenvalue weighted by Gasteiger charge is 2.14. The van der Waals surface area contributed by atoms with Crippen molar-refractivity contribution in [3.05, 3.63) is 59.9 Å². The summed E-state index contributed by atoms with van der Waals surface area (Å²) in [6, 6.07) is 12.1. The van der Waals surface area contributed by atoms with E-state index in [0.717, 1.165) is 0 Å². The Labute approximate surface area is 110 Å². The third-order valence-electron chi connectivity index (χ3n) is 2.55. The largest absolute Gasteiger partial charge is 0.488 e. The molecule has 2 rings (SSSR count). The van der Waals surface area contributed by atoms with Crippen molar-refractivity contribution in [3.63, 3.8) is 0 Å². The van der Waals surface area contributed by atoms with Crippen LogP contribution < -0.4 is 4.74 Å². The van der Waals surface area contributed by atoms with Gasteiger partial charge in [0.2, 0.25) is 0 Å². The first-order chi connectivity index (χ1) is 9.18. The van der Waals surface area contributed by atoms with Gasteiger partial charge >= 0.3 is 5.97 Å². The van der Waals surface area contributed by atoms with E-state index < -0.39 is 12.1 Å². The van der Waals surface area contributed by atoms with Crippen LogP contribution in [0.5, 0.6) is 5.75 Å². The van der Waals surface area contributed by atoms with Crippen LogP contribution in [0.4, 0.5) is 0 Å². The van der Waals surface area contributed by atoms with Gasteiger partial charge in [0.25, 0.3) is 0 Å². The molecule has 0 amide bonds. The molecule has 1 aromatic carbocycles. The molecule has 2 N–H and O–H groups in total. The zero-order valence-corrected chi connectivity index (χ0v) is 10.1. The number of carboxylic acids is 1. The second-order valence-electron chi connectivity index (χ2n) is 3.89. The van der Waals surface area contributed by atoms with Crippen LogP contribution in [0.25, 0.3) is 0 Å². The predicted molar refractivity (Wildman–Crippen MR) is 68.1 cm³/mol. The topological polar surface area (TPSA) is 79.7 Å². The minimum absolute atomic E-state index is 0.0318. The van der Waals surface area contributed by atoms with Crippen molar-refractivity contribution in [2.75, 3.05) is 6.61 Å². The van der Waals surface area contributed by atoms with E-state index in [9.17, 15) is 9.90 Å². The molecule has 1 atom stereocenters. The van der Waals surface area contributed by atoms with Gasteiger partial charge < -0.3 is 14.9 Å². The molecule has 0 saturated carbocycles. The predicted octanol–water partition coefficient (Wildman–Crippen LogP) is 1.89. The van der Waals surface area contributed by atoms with Crippen molar-refractivity contribution in [2.24, 2.45) is 0 Å². The van der Waals surface area contributed by atoms with Crippen LogP contribution in [0.1, 0.15) is 22.2 Å². The lowest BCUT2D eigenvalue weighted by atomic mass is 10.1. The molecular formula is C14H13NO4. The van der Waals surface area contributed by atoms with Crippen LogP contribution >= 0.6 is 0 Å². The van der Waals surface area contributed by atoms with Crippen molar-refractivity contribution in [3.8, 4) is 5.75 Å². The zero-order chi connectivity index (χ0) is 13.7.